The first-order valence-electron chi connectivity index (χ1n) is 12.3. The highest BCUT2D eigenvalue weighted by Gasteiger charge is 2.60. The van der Waals surface area contributed by atoms with Crippen molar-refractivity contribution in [1.29, 1.82) is 0 Å². The molecule has 0 aromatic carbocycles. The molecule has 28 heavy (non-hydrogen) atoms. The molecular weight excluding hydrogens is 340 g/mol. The molecule has 4 fully saturated rings. The van der Waals surface area contributed by atoms with Crippen LogP contribution in [0.3, 0.4) is 0 Å². The summed E-state index contributed by atoms with van der Waals surface area (Å²) in [6.45, 7) is 12.2. The predicted molar refractivity (Wildman–Crippen MR) is 121 cm³/mol. The van der Waals surface area contributed by atoms with Crippen LogP contribution in [0.1, 0.15) is 92.4 Å². The van der Waals surface area contributed by atoms with Crippen LogP contribution in [0.25, 0.3) is 0 Å². The maximum atomic E-state index is 4.98. The fourth-order valence-electron chi connectivity index (χ4n) is 8.91. The lowest BCUT2D eigenvalue weighted by Gasteiger charge is -2.61. The summed E-state index contributed by atoms with van der Waals surface area (Å²) in [5.74, 6) is 4.82. The molecule has 0 aliphatic heterocycles. The summed E-state index contributed by atoms with van der Waals surface area (Å²) in [5, 5.41) is 0. The second-order valence-electron chi connectivity index (χ2n) is 12.1. The van der Waals surface area contributed by atoms with E-state index in [-0.39, 0.29) is 0 Å². The Balaban J connectivity index is 1.53. The zero-order valence-electron chi connectivity index (χ0n) is 19.8. The molecule has 0 aromatic heterocycles. The first-order chi connectivity index (χ1) is 13.2. The number of rotatable bonds is 3. The van der Waals surface area contributed by atoms with Crippen LogP contribution in [0.5, 0.6) is 0 Å². The molecule has 2 nitrogen and oxygen atoms in total. The average molecular weight is 387 g/mol. The third kappa shape index (κ3) is 3.21. The van der Waals surface area contributed by atoms with Gasteiger partial charge in [-0.25, -0.2) is 0 Å². The van der Waals surface area contributed by atoms with Crippen LogP contribution in [0, 0.1) is 40.4 Å². The Kier molecular flexibility index (Phi) is 5.52. The minimum Gasteiger partial charge on any atom is -0.306 e. The minimum absolute atomic E-state index is 0.592. The number of hydrogen-bond acceptors (Lipinski definition) is 2. The Morgan fingerprint density at radius 2 is 1.57 bits per heavy atom. The van der Waals surface area contributed by atoms with Crippen molar-refractivity contribution in [1.82, 2.24) is 4.90 Å². The van der Waals surface area contributed by atoms with Gasteiger partial charge in [0.1, 0.15) is 0 Å². The fraction of sp³-hybridized carbons (Fsp3) is 0.962. The largest absolute Gasteiger partial charge is 0.306 e. The molecule has 0 unspecified atom stereocenters. The van der Waals surface area contributed by atoms with Gasteiger partial charge in [0.15, 0.2) is 0 Å². The Bertz CT molecular complexity index is 606. The van der Waals surface area contributed by atoms with Crippen LogP contribution in [0.2, 0.25) is 0 Å². The van der Waals surface area contributed by atoms with Gasteiger partial charge >= 0.3 is 0 Å². The quantitative estimate of drug-likeness (QED) is 0.509. The first-order valence-corrected chi connectivity index (χ1v) is 12.3. The Morgan fingerprint density at radius 3 is 2.25 bits per heavy atom. The second kappa shape index (κ2) is 7.40. The van der Waals surface area contributed by atoms with E-state index in [1.165, 1.54) is 63.5 Å². The summed E-state index contributed by atoms with van der Waals surface area (Å²) in [6.07, 6.45) is 13.1. The lowest BCUT2D eigenvalue weighted by Crippen LogP contribution is -2.54. The van der Waals surface area contributed by atoms with Gasteiger partial charge in [-0.2, -0.15) is 0 Å². The molecule has 0 bridgehead atoms. The summed E-state index contributed by atoms with van der Waals surface area (Å²) in [7, 11) is 4.58. The summed E-state index contributed by atoms with van der Waals surface area (Å²) in [4.78, 5) is 7.47. The van der Waals surface area contributed by atoms with E-state index >= 15 is 0 Å². The van der Waals surface area contributed by atoms with Crippen molar-refractivity contribution in [2.24, 2.45) is 45.4 Å². The lowest BCUT2D eigenvalue weighted by molar-refractivity contribution is -0.116. The predicted octanol–water partition coefficient (Wildman–Crippen LogP) is 6.44. The molecule has 4 saturated carbocycles. The Morgan fingerprint density at radius 1 is 0.893 bits per heavy atom. The maximum absolute atomic E-state index is 4.98. The maximum Gasteiger partial charge on any atom is 0.0501 e. The molecule has 0 heterocycles. The van der Waals surface area contributed by atoms with Gasteiger partial charge < -0.3 is 4.90 Å². The van der Waals surface area contributed by atoms with Gasteiger partial charge in [-0.1, -0.05) is 13.8 Å². The van der Waals surface area contributed by atoms with E-state index < -0.39 is 0 Å². The van der Waals surface area contributed by atoms with Gasteiger partial charge in [-0.15, -0.1) is 0 Å². The standard InChI is InChI=1S/C26H46N2/c1-17(2)27-20-12-14-25(4)19(16-20)8-9-21-23-11-10-22(18(3)28(6)7)26(23,5)15-13-24(21)25/h18-24H,8-16H2,1-7H3/t18-,19-,20-,21-,22+,23-,24-,25-,26+/m0/s1. The van der Waals surface area contributed by atoms with Crippen LogP contribution >= 0.6 is 0 Å². The highest BCUT2D eigenvalue weighted by atomic mass is 15.1. The molecule has 4 rings (SSSR count). The molecule has 2 heteroatoms. The van der Waals surface area contributed by atoms with Crippen molar-refractivity contribution < 1.29 is 0 Å². The minimum atomic E-state index is 0.592. The Hall–Kier alpha value is -0.370. The highest BCUT2D eigenvalue weighted by Crippen LogP contribution is 2.68. The van der Waals surface area contributed by atoms with E-state index in [0.717, 1.165) is 35.6 Å². The van der Waals surface area contributed by atoms with Gasteiger partial charge in [0.2, 0.25) is 0 Å². The van der Waals surface area contributed by atoms with E-state index in [0.29, 0.717) is 16.9 Å². The topological polar surface area (TPSA) is 15.6 Å². The van der Waals surface area contributed by atoms with Crippen molar-refractivity contribution in [2.75, 3.05) is 14.1 Å². The summed E-state index contributed by atoms with van der Waals surface area (Å²) in [6, 6.07) is 1.34. The van der Waals surface area contributed by atoms with Gasteiger partial charge in [-0.3, -0.25) is 4.99 Å². The fourth-order valence-corrected chi connectivity index (χ4v) is 8.91. The molecule has 0 radical (unpaired) electrons. The van der Waals surface area contributed by atoms with Crippen molar-refractivity contribution in [3.8, 4) is 0 Å². The van der Waals surface area contributed by atoms with Gasteiger partial charge in [-0.05, 0) is 133 Å². The monoisotopic (exact) mass is 386 g/mol. The molecule has 9 atom stereocenters. The molecule has 4 aliphatic carbocycles. The van der Waals surface area contributed by atoms with Gasteiger partial charge in [0.05, 0.1) is 6.04 Å². The van der Waals surface area contributed by atoms with E-state index in [9.17, 15) is 0 Å². The lowest BCUT2D eigenvalue weighted by atomic mass is 9.44. The number of aliphatic imine (C=N–C) groups is 1. The SMILES string of the molecule is CC(C)=N[C@H]1CC[C@@]2(C)[C@@H](CC[C@@H]3[C@@H]2CC[C@]2(C)[C@@H]([C@H](C)N(C)C)CC[C@@H]32)C1. The van der Waals surface area contributed by atoms with E-state index in [4.69, 9.17) is 4.99 Å². The molecule has 0 amide bonds. The second-order valence-corrected chi connectivity index (χ2v) is 12.1. The van der Waals surface area contributed by atoms with Gasteiger partial charge in [0.25, 0.3) is 0 Å². The first kappa shape index (κ1) is 20.9. The van der Waals surface area contributed by atoms with E-state index in [1.54, 1.807) is 0 Å². The smallest absolute Gasteiger partial charge is 0.0501 e. The number of fused-ring (bicyclic) bond motifs is 5. The van der Waals surface area contributed by atoms with Crippen molar-refractivity contribution >= 4 is 5.71 Å². The van der Waals surface area contributed by atoms with Crippen molar-refractivity contribution in [3.05, 3.63) is 0 Å². The zero-order chi connectivity index (χ0) is 20.3. The molecule has 160 valence electrons. The summed E-state index contributed by atoms with van der Waals surface area (Å²) in [5.41, 5.74) is 2.47. The van der Waals surface area contributed by atoms with Crippen molar-refractivity contribution in [2.45, 2.75) is 104 Å². The molecule has 0 aromatic rings. The average Bonchev–Trinajstić information content (AvgIpc) is 2.98. The number of nitrogens with zero attached hydrogens (tertiary/aromatic N) is 2. The van der Waals surface area contributed by atoms with Crippen LogP contribution in [-0.4, -0.2) is 36.8 Å². The zero-order valence-corrected chi connectivity index (χ0v) is 19.8. The third-order valence-electron chi connectivity index (χ3n) is 10.5. The normalized spacial score (nSPS) is 49.1. The molecule has 4 aliphatic rings. The van der Waals surface area contributed by atoms with Crippen LogP contribution in [-0.2, 0) is 0 Å². The highest BCUT2D eigenvalue weighted by molar-refractivity contribution is 5.79. The van der Waals surface area contributed by atoms with Crippen LogP contribution in [0.15, 0.2) is 4.99 Å². The Labute approximate surface area is 174 Å². The molecule has 0 saturated heterocycles. The summed E-state index contributed by atoms with van der Waals surface area (Å²) >= 11 is 0. The number of hydrogen-bond donors (Lipinski definition) is 0. The van der Waals surface area contributed by atoms with E-state index in [1.807, 2.05) is 0 Å². The molecular formula is C26H46N2. The summed E-state index contributed by atoms with van der Waals surface area (Å²) < 4.78 is 0. The molecule has 0 N–H and O–H groups in total. The van der Waals surface area contributed by atoms with Crippen molar-refractivity contribution in [3.63, 3.8) is 0 Å². The van der Waals surface area contributed by atoms with Gasteiger partial charge in [0, 0.05) is 11.8 Å². The molecule has 0 spiro atoms. The van der Waals surface area contributed by atoms with Crippen LogP contribution in [0.4, 0.5) is 0 Å². The van der Waals surface area contributed by atoms with Crippen LogP contribution < -0.4 is 0 Å². The van der Waals surface area contributed by atoms with E-state index in [2.05, 4.69) is 53.6 Å². The third-order valence-corrected chi connectivity index (χ3v) is 10.5.